The fraction of sp³-hybridized carbons (Fsp3) is 0.167. The third-order valence-corrected chi connectivity index (χ3v) is 1.81. The normalized spacial score (nSPS) is 10.6. The predicted octanol–water partition coefficient (Wildman–Crippen LogP) is 1.02. The van der Waals surface area contributed by atoms with E-state index in [1.54, 1.807) is 23.1 Å². The number of hydrogen-bond acceptors (Lipinski definition) is 3. The lowest BCUT2D eigenvalue weighted by Gasteiger charge is -1.84. The second-order valence-corrected chi connectivity index (χ2v) is 2.60. The van der Waals surface area contributed by atoms with Crippen LogP contribution in [0.5, 0.6) is 0 Å². The van der Waals surface area contributed by atoms with Crippen molar-refractivity contribution in [1.82, 2.24) is 19.6 Å². The van der Waals surface area contributed by atoms with Crippen LogP contribution in [-0.4, -0.2) is 19.6 Å². The van der Waals surface area contributed by atoms with Crippen molar-refractivity contribution in [3.8, 4) is 0 Å². The molecule has 0 N–H and O–H groups in total. The fourth-order valence-electron chi connectivity index (χ4n) is 0.847. The largest absolute Gasteiger partial charge is 0.259 e. The van der Waals surface area contributed by atoms with Gasteiger partial charge in [-0.1, -0.05) is 15.9 Å². The van der Waals surface area contributed by atoms with E-state index in [0.717, 1.165) is 11.5 Å². The van der Waals surface area contributed by atoms with Gasteiger partial charge in [0.05, 0.1) is 11.5 Å². The highest BCUT2D eigenvalue weighted by molar-refractivity contribution is 9.08. The maximum atomic E-state index is 4.17. The summed E-state index contributed by atoms with van der Waals surface area (Å²) in [5.74, 6) is 0.776. The van der Waals surface area contributed by atoms with E-state index in [-0.39, 0.29) is 0 Å². The molecule has 0 aliphatic carbocycles. The van der Waals surface area contributed by atoms with Gasteiger partial charge in [0.1, 0.15) is 0 Å². The van der Waals surface area contributed by atoms with E-state index < -0.39 is 0 Å². The average molecular weight is 213 g/mol. The Morgan fingerprint density at radius 1 is 1.55 bits per heavy atom. The van der Waals surface area contributed by atoms with Crippen LogP contribution in [0.25, 0.3) is 5.65 Å². The van der Waals surface area contributed by atoms with E-state index in [4.69, 9.17) is 0 Å². The quantitative estimate of drug-likeness (QED) is 0.664. The number of nitrogens with zero attached hydrogens (tertiary/aromatic N) is 4. The van der Waals surface area contributed by atoms with Crippen LogP contribution >= 0.6 is 15.9 Å². The first kappa shape index (κ1) is 6.72. The minimum Gasteiger partial charge on any atom is -0.259 e. The fourth-order valence-corrected chi connectivity index (χ4v) is 1.08. The Hall–Kier alpha value is -0.970. The summed E-state index contributed by atoms with van der Waals surface area (Å²) >= 11 is 3.28. The van der Waals surface area contributed by atoms with Crippen molar-refractivity contribution >= 4 is 21.6 Å². The molecule has 5 heteroatoms. The molecular formula is C6H5BrN4. The maximum absolute atomic E-state index is 4.17. The molecule has 0 amide bonds. The minimum atomic E-state index is 0.675. The SMILES string of the molecule is BrCc1nc2cnccn2n1. The van der Waals surface area contributed by atoms with Crippen molar-refractivity contribution < 1.29 is 0 Å². The molecule has 0 saturated heterocycles. The summed E-state index contributed by atoms with van der Waals surface area (Å²) in [5, 5.41) is 4.83. The Balaban J connectivity index is 2.69. The summed E-state index contributed by atoms with van der Waals surface area (Å²) in [5.41, 5.74) is 0.780. The van der Waals surface area contributed by atoms with Gasteiger partial charge in [-0.2, -0.15) is 5.10 Å². The van der Waals surface area contributed by atoms with Gasteiger partial charge >= 0.3 is 0 Å². The first-order chi connectivity index (χ1) is 5.40. The molecule has 0 spiro atoms. The van der Waals surface area contributed by atoms with Crippen LogP contribution in [0.4, 0.5) is 0 Å². The van der Waals surface area contributed by atoms with E-state index >= 15 is 0 Å². The number of rotatable bonds is 1. The number of fused-ring (bicyclic) bond motifs is 1. The maximum Gasteiger partial charge on any atom is 0.173 e. The third kappa shape index (κ3) is 1.11. The molecule has 0 unspecified atom stereocenters. The van der Waals surface area contributed by atoms with E-state index in [2.05, 4.69) is 31.0 Å². The molecule has 0 fully saturated rings. The van der Waals surface area contributed by atoms with E-state index in [1.807, 2.05) is 0 Å². The molecule has 0 aromatic carbocycles. The molecular weight excluding hydrogens is 208 g/mol. The molecule has 0 aliphatic rings. The van der Waals surface area contributed by atoms with Crippen molar-refractivity contribution in [2.45, 2.75) is 5.33 Å². The summed E-state index contributed by atoms with van der Waals surface area (Å²) < 4.78 is 1.70. The summed E-state index contributed by atoms with van der Waals surface area (Å²) in [7, 11) is 0. The molecule has 2 aromatic heterocycles. The summed E-state index contributed by atoms with van der Waals surface area (Å²) in [6.45, 7) is 0. The Kier molecular flexibility index (Phi) is 1.58. The second-order valence-electron chi connectivity index (χ2n) is 2.04. The van der Waals surface area contributed by atoms with Crippen LogP contribution in [0.2, 0.25) is 0 Å². The van der Waals surface area contributed by atoms with E-state index in [0.29, 0.717) is 5.33 Å². The predicted molar refractivity (Wildman–Crippen MR) is 43.4 cm³/mol. The second kappa shape index (κ2) is 2.58. The molecule has 2 heterocycles. The van der Waals surface area contributed by atoms with Gasteiger partial charge in [0.25, 0.3) is 0 Å². The van der Waals surface area contributed by atoms with Gasteiger partial charge < -0.3 is 0 Å². The Bertz CT molecular complexity index is 336. The van der Waals surface area contributed by atoms with Crippen molar-refractivity contribution in [3.63, 3.8) is 0 Å². The molecule has 0 aliphatic heterocycles. The van der Waals surface area contributed by atoms with Gasteiger partial charge in [-0.05, 0) is 0 Å². The summed E-state index contributed by atoms with van der Waals surface area (Å²) in [4.78, 5) is 8.10. The number of hydrogen-bond donors (Lipinski definition) is 0. The molecule has 0 atom stereocenters. The summed E-state index contributed by atoms with van der Waals surface area (Å²) in [6, 6.07) is 0. The lowest BCUT2D eigenvalue weighted by Crippen LogP contribution is -1.86. The Labute approximate surface area is 71.4 Å². The molecule has 0 radical (unpaired) electrons. The molecule has 4 nitrogen and oxygen atoms in total. The molecule has 56 valence electrons. The van der Waals surface area contributed by atoms with Crippen molar-refractivity contribution in [2.75, 3.05) is 0 Å². The zero-order valence-corrected chi connectivity index (χ0v) is 7.19. The summed E-state index contributed by atoms with van der Waals surface area (Å²) in [6.07, 6.45) is 5.13. The molecule has 0 saturated carbocycles. The highest BCUT2D eigenvalue weighted by atomic mass is 79.9. The van der Waals surface area contributed by atoms with Gasteiger partial charge in [-0.25, -0.2) is 9.50 Å². The van der Waals surface area contributed by atoms with Gasteiger partial charge in [0.2, 0.25) is 0 Å². The van der Waals surface area contributed by atoms with E-state index in [1.165, 1.54) is 0 Å². The van der Waals surface area contributed by atoms with Crippen molar-refractivity contribution in [3.05, 3.63) is 24.4 Å². The zero-order valence-electron chi connectivity index (χ0n) is 5.61. The van der Waals surface area contributed by atoms with Gasteiger partial charge in [0.15, 0.2) is 11.5 Å². The monoisotopic (exact) mass is 212 g/mol. The van der Waals surface area contributed by atoms with Gasteiger partial charge in [0, 0.05) is 12.4 Å². The number of halogens is 1. The van der Waals surface area contributed by atoms with Crippen LogP contribution in [0.15, 0.2) is 18.6 Å². The molecule has 2 rings (SSSR count). The zero-order chi connectivity index (χ0) is 7.68. The van der Waals surface area contributed by atoms with Gasteiger partial charge in [-0.15, -0.1) is 0 Å². The topological polar surface area (TPSA) is 43.1 Å². The van der Waals surface area contributed by atoms with Crippen LogP contribution < -0.4 is 0 Å². The first-order valence-corrected chi connectivity index (χ1v) is 4.23. The van der Waals surface area contributed by atoms with Crippen LogP contribution in [0, 0.1) is 0 Å². The lowest BCUT2D eigenvalue weighted by molar-refractivity contribution is 0.916. The van der Waals surface area contributed by atoms with Crippen LogP contribution in [-0.2, 0) is 5.33 Å². The highest BCUT2D eigenvalue weighted by Crippen LogP contribution is 2.01. The smallest absolute Gasteiger partial charge is 0.173 e. The van der Waals surface area contributed by atoms with Crippen LogP contribution in [0.3, 0.4) is 0 Å². The minimum absolute atomic E-state index is 0.675. The molecule has 0 bridgehead atoms. The average Bonchev–Trinajstić information content (AvgIpc) is 2.46. The Morgan fingerprint density at radius 3 is 3.18 bits per heavy atom. The first-order valence-electron chi connectivity index (χ1n) is 3.11. The number of alkyl halides is 1. The molecule has 2 aromatic rings. The highest BCUT2D eigenvalue weighted by Gasteiger charge is 1.99. The van der Waals surface area contributed by atoms with Gasteiger partial charge in [-0.3, -0.25) is 4.98 Å². The van der Waals surface area contributed by atoms with E-state index in [9.17, 15) is 0 Å². The van der Waals surface area contributed by atoms with Crippen molar-refractivity contribution in [2.24, 2.45) is 0 Å². The van der Waals surface area contributed by atoms with Crippen LogP contribution in [0.1, 0.15) is 5.82 Å². The Morgan fingerprint density at radius 2 is 2.45 bits per heavy atom. The van der Waals surface area contributed by atoms with Crippen molar-refractivity contribution in [1.29, 1.82) is 0 Å². The third-order valence-electron chi connectivity index (χ3n) is 1.30. The molecule has 11 heavy (non-hydrogen) atoms. The number of aromatic nitrogens is 4. The standard InChI is InChI=1S/C6H5BrN4/c7-3-5-9-6-4-8-1-2-11(6)10-5/h1-2,4H,3H2. The lowest BCUT2D eigenvalue weighted by atomic mass is 10.7.